The number of carbonyl (C=O) groups excluding carboxylic acids is 1. The fraction of sp³-hybridized carbons (Fsp3) is 0.219. The van der Waals surface area contributed by atoms with Crippen molar-refractivity contribution in [3.05, 3.63) is 119 Å². The second-order valence-corrected chi connectivity index (χ2v) is 11.2. The van der Waals surface area contributed by atoms with Gasteiger partial charge in [-0.05, 0) is 72.9 Å². The zero-order valence-electron chi connectivity index (χ0n) is 22.6. The summed E-state index contributed by atoms with van der Waals surface area (Å²) in [5, 5.41) is 3.00. The Morgan fingerprint density at radius 3 is 2.00 bits per heavy atom. The van der Waals surface area contributed by atoms with Gasteiger partial charge in [-0.25, -0.2) is 8.42 Å². The van der Waals surface area contributed by atoms with Gasteiger partial charge in [0.15, 0.2) is 6.61 Å². The first-order chi connectivity index (χ1) is 18.8. The molecule has 0 aliphatic rings. The first kappa shape index (κ1) is 27.9. The monoisotopic (exact) mass is 542 g/mol. The number of nitrogens with one attached hydrogen (secondary N) is 1. The van der Waals surface area contributed by atoms with Gasteiger partial charge in [0.2, 0.25) is 0 Å². The second-order valence-electron chi connectivity index (χ2n) is 9.30. The molecule has 0 fully saturated rings. The quantitative estimate of drug-likeness (QED) is 0.234. The second kappa shape index (κ2) is 12.6. The molecule has 4 aromatic carbocycles. The van der Waals surface area contributed by atoms with Gasteiger partial charge in [0.05, 0.1) is 17.1 Å². The molecular weight excluding hydrogens is 508 g/mol. The minimum Gasteiger partial charge on any atom is -0.484 e. The van der Waals surface area contributed by atoms with Crippen LogP contribution in [0.25, 0.3) is 0 Å². The Morgan fingerprint density at radius 1 is 0.795 bits per heavy atom. The lowest BCUT2D eigenvalue weighted by atomic mass is 10.0. The topological polar surface area (TPSA) is 75.7 Å². The highest BCUT2D eigenvalue weighted by atomic mass is 32.2. The van der Waals surface area contributed by atoms with Crippen molar-refractivity contribution in [3.63, 3.8) is 0 Å². The Labute approximate surface area is 231 Å². The van der Waals surface area contributed by atoms with Crippen molar-refractivity contribution in [3.8, 4) is 5.75 Å². The van der Waals surface area contributed by atoms with Gasteiger partial charge < -0.3 is 10.1 Å². The van der Waals surface area contributed by atoms with E-state index in [1.165, 1.54) is 4.31 Å². The molecule has 0 atom stereocenters. The average Bonchev–Trinajstić information content (AvgIpc) is 2.96. The molecule has 0 unspecified atom stereocenters. The molecular formula is C32H34N2O4S. The molecule has 0 saturated carbocycles. The van der Waals surface area contributed by atoms with Crippen LogP contribution in [-0.2, 0) is 34.2 Å². The summed E-state index contributed by atoms with van der Waals surface area (Å²) in [6, 6.07) is 29.1. The third-order valence-electron chi connectivity index (χ3n) is 6.54. The summed E-state index contributed by atoms with van der Waals surface area (Å²) in [5.74, 6) is 0.225. The van der Waals surface area contributed by atoms with E-state index in [1.54, 1.807) is 48.5 Å². The highest BCUT2D eigenvalue weighted by molar-refractivity contribution is 7.92. The van der Waals surface area contributed by atoms with E-state index in [-0.39, 0.29) is 24.0 Å². The van der Waals surface area contributed by atoms with E-state index in [1.807, 2.05) is 55.5 Å². The summed E-state index contributed by atoms with van der Waals surface area (Å²) < 4.78 is 34.5. The summed E-state index contributed by atoms with van der Waals surface area (Å²) in [6.45, 7) is 6.06. The van der Waals surface area contributed by atoms with Crippen LogP contribution in [0.5, 0.6) is 5.75 Å². The Bertz CT molecular complexity index is 1480. The predicted octanol–water partition coefficient (Wildman–Crippen LogP) is 6.53. The number of hydrogen-bond acceptors (Lipinski definition) is 4. The summed E-state index contributed by atoms with van der Waals surface area (Å²) in [6.07, 6.45) is 1.63. The normalized spacial score (nSPS) is 11.2. The lowest BCUT2D eigenvalue weighted by molar-refractivity contribution is -0.118. The van der Waals surface area contributed by atoms with Gasteiger partial charge in [0.1, 0.15) is 5.75 Å². The number of benzene rings is 4. The van der Waals surface area contributed by atoms with Crippen molar-refractivity contribution in [2.24, 2.45) is 0 Å². The molecule has 0 saturated heterocycles. The molecule has 6 nitrogen and oxygen atoms in total. The number of anilines is 2. The van der Waals surface area contributed by atoms with Gasteiger partial charge in [-0.3, -0.25) is 9.10 Å². The number of amides is 1. The maximum atomic E-state index is 13.7. The van der Waals surface area contributed by atoms with E-state index < -0.39 is 10.0 Å². The van der Waals surface area contributed by atoms with Crippen molar-refractivity contribution in [2.75, 3.05) is 16.2 Å². The van der Waals surface area contributed by atoms with E-state index in [0.717, 1.165) is 40.8 Å². The summed E-state index contributed by atoms with van der Waals surface area (Å²) in [5.41, 5.74) is 5.37. The van der Waals surface area contributed by atoms with E-state index in [9.17, 15) is 13.2 Å². The smallest absolute Gasteiger partial charge is 0.264 e. The molecule has 0 aromatic heterocycles. The Balaban J connectivity index is 1.51. The number of carbonyl (C=O) groups is 1. The minimum absolute atomic E-state index is 0.157. The van der Waals surface area contributed by atoms with E-state index in [4.69, 9.17) is 4.74 Å². The van der Waals surface area contributed by atoms with Crippen molar-refractivity contribution in [2.45, 2.75) is 45.1 Å². The lowest BCUT2D eigenvalue weighted by Gasteiger charge is -2.25. The van der Waals surface area contributed by atoms with E-state index in [0.29, 0.717) is 11.4 Å². The third kappa shape index (κ3) is 6.86. The van der Waals surface area contributed by atoms with E-state index in [2.05, 4.69) is 19.2 Å². The highest BCUT2D eigenvalue weighted by Gasteiger charge is 2.25. The SMILES string of the molecule is CCc1cccc(CC)c1NC(=O)COc1ccc(N(Cc2ccccc2)S(=O)(=O)c2ccc(C)cc2)cc1. The van der Waals surface area contributed by atoms with Crippen molar-refractivity contribution in [1.82, 2.24) is 0 Å². The molecule has 202 valence electrons. The van der Waals surface area contributed by atoms with Crippen LogP contribution in [-0.4, -0.2) is 20.9 Å². The standard InChI is InChI=1S/C32H34N2O4S/c1-4-26-12-9-13-27(5-2)32(26)33-31(35)23-38-29-18-16-28(17-19-29)34(22-25-10-7-6-8-11-25)39(36,37)30-20-14-24(3)15-21-30/h6-21H,4-5,22-23H2,1-3H3,(H,33,35). The molecule has 0 aliphatic heterocycles. The number of ether oxygens (including phenoxy) is 1. The Kier molecular flexibility index (Phi) is 9.04. The zero-order chi connectivity index (χ0) is 27.8. The molecule has 0 heterocycles. The van der Waals surface area contributed by atoms with Crippen molar-refractivity contribution in [1.29, 1.82) is 0 Å². The number of hydrogen-bond donors (Lipinski definition) is 1. The molecule has 4 rings (SSSR count). The van der Waals surface area contributed by atoms with Crippen LogP contribution in [0.3, 0.4) is 0 Å². The molecule has 0 aliphatic carbocycles. The van der Waals surface area contributed by atoms with Gasteiger partial charge in [-0.1, -0.05) is 80.1 Å². The number of rotatable bonds is 11. The van der Waals surface area contributed by atoms with Gasteiger partial charge >= 0.3 is 0 Å². The summed E-state index contributed by atoms with van der Waals surface area (Å²) in [7, 11) is -3.83. The molecule has 0 radical (unpaired) electrons. The minimum atomic E-state index is -3.83. The Hall–Kier alpha value is -4.10. The number of nitrogens with zero attached hydrogens (tertiary/aromatic N) is 1. The van der Waals surface area contributed by atoms with Gasteiger partial charge in [-0.15, -0.1) is 0 Å². The van der Waals surface area contributed by atoms with Crippen LogP contribution >= 0.6 is 0 Å². The maximum absolute atomic E-state index is 13.7. The predicted molar refractivity (Wildman–Crippen MR) is 157 cm³/mol. The van der Waals surface area contributed by atoms with E-state index >= 15 is 0 Å². The zero-order valence-corrected chi connectivity index (χ0v) is 23.4. The van der Waals surface area contributed by atoms with Crippen molar-refractivity contribution >= 4 is 27.3 Å². The average molecular weight is 543 g/mol. The summed E-state index contributed by atoms with van der Waals surface area (Å²) in [4.78, 5) is 12.9. The molecule has 0 spiro atoms. The van der Waals surface area contributed by atoms with Gasteiger partial charge in [0.25, 0.3) is 15.9 Å². The van der Waals surface area contributed by atoms with Crippen LogP contribution in [0, 0.1) is 6.92 Å². The van der Waals surface area contributed by atoms with Crippen LogP contribution < -0.4 is 14.4 Å². The molecule has 0 bridgehead atoms. The molecule has 1 amide bonds. The van der Waals surface area contributed by atoms with Crippen molar-refractivity contribution < 1.29 is 17.9 Å². The molecule has 4 aromatic rings. The lowest BCUT2D eigenvalue weighted by Crippen LogP contribution is -2.30. The first-order valence-electron chi connectivity index (χ1n) is 13.1. The van der Waals surface area contributed by atoms with Gasteiger partial charge in [-0.2, -0.15) is 0 Å². The van der Waals surface area contributed by atoms with Crippen LogP contribution in [0.15, 0.2) is 102 Å². The molecule has 1 N–H and O–H groups in total. The summed E-state index contributed by atoms with van der Waals surface area (Å²) >= 11 is 0. The number of para-hydroxylation sites is 1. The number of aryl methyl sites for hydroxylation is 3. The van der Waals surface area contributed by atoms with Crippen LogP contribution in [0.2, 0.25) is 0 Å². The number of sulfonamides is 1. The van der Waals surface area contributed by atoms with Crippen LogP contribution in [0.4, 0.5) is 11.4 Å². The largest absolute Gasteiger partial charge is 0.484 e. The third-order valence-corrected chi connectivity index (χ3v) is 8.32. The first-order valence-corrected chi connectivity index (χ1v) is 14.5. The van der Waals surface area contributed by atoms with Crippen LogP contribution in [0.1, 0.15) is 36.1 Å². The maximum Gasteiger partial charge on any atom is 0.264 e. The Morgan fingerprint density at radius 2 is 1.41 bits per heavy atom. The molecule has 7 heteroatoms. The van der Waals surface area contributed by atoms with Gasteiger partial charge in [0, 0.05) is 5.69 Å². The fourth-order valence-corrected chi connectivity index (χ4v) is 5.79. The molecule has 39 heavy (non-hydrogen) atoms. The highest BCUT2D eigenvalue weighted by Crippen LogP contribution is 2.28. The fourth-order valence-electron chi connectivity index (χ4n) is 4.34.